The van der Waals surface area contributed by atoms with E-state index < -0.39 is 9.84 Å². The Morgan fingerprint density at radius 3 is 2.71 bits per heavy atom. The summed E-state index contributed by atoms with van der Waals surface area (Å²) in [5.41, 5.74) is 0. The van der Waals surface area contributed by atoms with Crippen molar-refractivity contribution in [3.05, 3.63) is 0 Å². The zero-order chi connectivity index (χ0) is 12.9. The smallest absolute Gasteiger partial charge is 0.166 e. The molecule has 0 radical (unpaired) electrons. The van der Waals surface area contributed by atoms with Crippen LogP contribution in [0.3, 0.4) is 0 Å². The second-order valence-corrected chi connectivity index (χ2v) is 8.65. The Hall–Kier alpha value is 0.740. The van der Waals surface area contributed by atoms with Gasteiger partial charge in [-0.2, -0.15) is 11.8 Å². The number of nitrogens with zero attached hydrogens (tertiary/aromatic N) is 1. The highest BCUT2D eigenvalue weighted by molar-refractivity contribution is 9.09. The molecule has 6 heteroatoms. The third-order valence-electron chi connectivity index (χ3n) is 3.30. The molecule has 0 aliphatic carbocycles. The number of hydrogen-bond donors (Lipinski definition) is 0. The molecule has 2 unspecified atom stereocenters. The fourth-order valence-electron chi connectivity index (χ4n) is 1.97. The maximum Gasteiger partial charge on any atom is 0.166 e. The van der Waals surface area contributed by atoms with Gasteiger partial charge in [-0.05, 0) is 5.92 Å². The van der Waals surface area contributed by atoms with Crippen molar-refractivity contribution in [3.63, 3.8) is 0 Å². The van der Waals surface area contributed by atoms with Crippen molar-refractivity contribution in [1.82, 2.24) is 4.90 Å². The highest BCUT2D eigenvalue weighted by atomic mass is 79.9. The largest absolute Gasteiger partial charge is 0.285 e. The first kappa shape index (κ1) is 15.8. The number of rotatable bonds is 6. The summed E-state index contributed by atoms with van der Waals surface area (Å²) in [5.74, 6) is 2.58. The lowest BCUT2D eigenvalue weighted by atomic mass is 10.1. The summed E-state index contributed by atoms with van der Waals surface area (Å²) in [5, 5.41) is 0.686. The highest BCUT2D eigenvalue weighted by Gasteiger charge is 2.33. The van der Waals surface area contributed by atoms with Crippen LogP contribution in [0.15, 0.2) is 0 Å². The summed E-state index contributed by atoms with van der Waals surface area (Å²) in [6.07, 6.45) is 1.09. The van der Waals surface area contributed by atoms with Crippen LogP contribution >= 0.6 is 27.7 Å². The molecule has 0 saturated carbocycles. The standard InChI is InChI=1S/C11H22BrNO2S2/c1-3-10(7-12)8-13-5-6-16-9-11(13)17(14,15)4-2/h10-11H,3-9H2,1-2H3. The van der Waals surface area contributed by atoms with Crippen LogP contribution in [0, 0.1) is 5.92 Å². The van der Waals surface area contributed by atoms with Crippen molar-refractivity contribution in [1.29, 1.82) is 0 Å². The van der Waals surface area contributed by atoms with E-state index in [9.17, 15) is 8.42 Å². The first-order chi connectivity index (χ1) is 8.05. The molecule has 1 heterocycles. The molecule has 1 aliphatic rings. The minimum Gasteiger partial charge on any atom is -0.285 e. The van der Waals surface area contributed by atoms with Gasteiger partial charge in [-0.3, -0.25) is 4.90 Å². The lowest BCUT2D eigenvalue weighted by Gasteiger charge is -2.36. The van der Waals surface area contributed by atoms with Crippen molar-refractivity contribution < 1.29 is 8.42 Å². The molecule has 0 amide bonds. The fourth-order valence-corrected chi connectivity index (χ4v) is 5.72. The molecule has 0 aromatic rings. The number of halogens is 1. The predicted octanol–water partition coefficient (Wildman–Crippen LogP) is 2.22. The van der Waals surface area contributed by atoms with Crippen LogP contribution in [-0.2, 0) is 9.84 Å². The molecule has 0 aromatic carbocycles. The van der Waals surface area contributed by atoms with Crippen molar-refractivity contribution in [3.8, 4) is 0 Å². The first-order valence-corrected chi connectivity index (χ1v) is 10.1. The molecule has 1 saturated heterocycles. The lowest BCUT2D eigenvalue weighted by molar-refractivity contribution is 0.233. The van der Waals surface area contributed by atoms with Crippen molar-refractivity contribution in [2.45, 2.75) is 25.6 Å². The Bertz CT molecular complexity index is 317. The van der Waals surface area contributed by atoms with E-state index >= 15 is 0 Å². The van der Waals surface area contributed by atoms with Gasteiger partial charge in [0, 0.05) is 35.7 Å². The Morgan fingerprint density at radius 1 is 1.47 bits per heavy atom. The van der Waals surface area contributed by atoms with Crippen molar-refractivity contribution in [2.75, 3.05) is 35.7 Å². The maximum atomic E-state index is 12.1. The molecular weight excluding hydrogens is 322 g/mol. The Balaban J connectivity index is 2.72. The minimum atomic E-state index is -2.94. The van der Waals surface area contributed by atoms with E-state index in [2.05, 4.69) is 27.8 Å². The molecule has 3 nitrogen and oxygen atoms in total. The van der Waals surface area contributed by atoms with Gasteiger partial charge in [0.05, 0.1) is 0 Å². The summed E-state index contributed by atoms with van der Waals surface area (Å²) in [6.45, 7) is 5.70. The van der Waals surface area contributed by atoms with E-state index in [1.807, 2.05) is 0 Å². The zero-order valence-corrected chi connectivity index (χ0v) is 13.8. The van der Waals surface area contributed by atoms with Gasteiger partial charge in [0.2, 0.25) is 0 Å². The van der Waals surface area contributed by atoms with E-state index in [4.69, 9.17) is 0 Å². The van der Waals surface area contributed by atoms with Crippen LogP contribution in [-0.4, -0.2) is 54.4 Å². The van der Waals surface area contributed by atoms with Crippen LogP contribution < -0.4 is 0 Å². The number of alkyl halides is 1. The molecule has 0 bridgehead atoms. The summed E-state index contributed by atoms with van der Waals surface area (Å²) in [7, 11) is -2.94. The Kier molecular flexibility index (Phi) is 6.84. The Labute approximate surface area is 118 Å². The predicted molar refractivity (Wildman–Crippen MR) is 79.7 cm³/mol. The molecule has 0 N–H and O–H groups in total. The second-order valence-electron chi connectivity index (χ2n) is 4.40. The average Bonchev–Trinajstić information content (AvgIpc) is 2.36. The topological polar surface area (TPSA) is 37.4 Å². The van der Waals surface area contributed by atoms with Gasteiger partial charge >= 0.3 is 0 Å². The molecule has 102 valence electrons. The van der Waals surface area contributed by atoms with Crippen LogP contribution in [0.25, 0.3) is 0 Å². The van der Waals surface area contributed by atoms with Crippen molar-refractivity contribution >= 4 is 37.5 Å². The van der Waals surface area contributed by atoms with Gasteiger partial charge < -0.3 is 0 Å². The Morgan fingerprint density at radius 2 is 2.18 bits per heavy atom. The van der Waals surface area contributed by atoms with Gasteiger partial charge in [-0.1, -0.05) is 36.2 Å². The normalized spacial score (nSPS) is 24.8. The van der Waals surface area contributed by atoms with E-state index in [0.29, 0.717) is 5.92 Å². The monoisotopic (exact) mass is 343 g/mol. The molecule has 1 fully saturated rings. The number of sulfone groups is 1. The molecule has 17 heavy (non-hydrogen) atoms. The first-order valence-electron chi connectivity index (χ1n) is 6.14. The lowest BCUT2D eigenvalue weighted by Crippen LogP contribution is -2.49. The molecule has 0 aromatic heterocycles. The summed E-state index contributed by atoms with van der Waals surface area (Å²) in [4.78, 5) is 2.17. The van der Waals surface area contributed by atoms with E-state index in [-0.39, 0.29) is 11.1 Å². The third-order valence-corrected chi connectivity index (χ3v) is 7.54. The van der Waals surface area contributed by atoms with Gasteiger partial charge in [0.15, 0.2) is 9.84 Å². The van der Waals surface area contributed by atoms with Crippen LogP contribution in [0.1, 0.15) is 20.3 Å². The maximum absolute atomic E-state index is 12.1. The summed E-state index contributed by atoms with van der Waals surface area (Å²) < 4.78 is 24.1. The number of thioether (sulfide) groups is 1. The highest BCUT2D eigenvalue weighted by Crippen LogP contribution is 2.23. The second kappa shape index (κ2) is 7.36. The zero-order valence-electron chi connectivity index (χ0n) is 10.6. The third kappa shape index (κ3) is 4.40. The summed E-state index contributed by atoms with van der Waals surface area (Å²) >= 11 is 5.27. The average molecular weight is 344 g/mol. The van der Waals surface area contributed by atoms with Gasteiger partial charge in [-0.25, -0.2) is 8.42 Å². The molecule has 1 aliphatic heterocycles. The van der Waals surface area contributed by atoms with Gasteiger partial charge in [0.25, 0.3) is 0 Å². The SMILES string of the molecule is CCC(CBr)CN1CCSCC1S(=O)(=O)CC. The molecular formula is C11H22BrNO2S2. The van der Waals surface area contributed by atoms with Crippen LogP contribution in [0.5, 0.6) is 0 Å². The van der Waals surface area contributed by atoms with Gasteiger partial charge in [0.1, 0.15) is 5.37 Å². The summed E-state index contributed by atoms with van der Waals surface area (Å²) in [6, 6.07) is 0. The molecule has 2 atom stereocenters. The number of hydrogen-bond acceptors (Lipinski definition) is 4. The fraction of sp³-hybridized carbons (Fsp3) is 1.00. The van der Waals surface area contributed by atoms with E-state index in [0.717, 1.165) is 36.3 Å². The minimum absolute atomic E-state index is 0.250. The van der Waals surface area contributed by atoms with E-state index in [1.54, 1.807) is 18.7 Å². The van der Waals surface area contributed by atoms with E-state index in [1.165, 1.54) is 0 Å². The molecule has 0 spiro atoms. The van der Waals surface area contributed by atoms with Crippen LogP contribution in [0.2, 0.25) is 0 Å². The molecule has 1 rings (SSSR count). The van der Waals surface area contributed by atoms with Crippen LogP contribution in [0.4, 0.5) is 0 Å². The van der Waals surface area contributed by atoms with Crippen molar-refractivity contribution in [2.24, 2.45) is 5.92 Å². The quantitative estimate of drug-likeness (QED) is 0.693. The van der Waals surface area contributed by atoms with Gasteiger partial charge in [-0.15, -0.1) is 0 Å².